The smallest absolute Gasteiger partial charge is 0.188 e. The third-order valence-electron chi connectivity index (χ3n) is 2.52. The maximum absolute atomic E-state index is 13.2. The first-order valence-corrected chi connectivity index (χ1v) is 7.01. The second kappa shape index (κ2) is 4.86. The molecule has 1 aromatic heterocycles. The standard InChI is InChI=1S/C13H7BrF2N2S/c14-9-3-1-7(15)5-11(9)18-13-17-10-4-2-8(16)6-12(10)19-13/h1-6H,(H,17,18). The first kappa shape index (κ1) is 12.5. The summed E-state index contributed by atoms with van der Waals surface area (Å²) in [5, 5.41) is 3.61. The highest BCUT2D eigenvalue weighted by Crippen LogP contribution is 2.31. The van der Waals surface area contributed by atoms with Crippen LogP contribution in [0, 0.1) is 11.6 Å². The van der Waals surface area contributed by atoms with E-state index in [-0.39, 0.29) is 11.6 Å². The summed E-state index contributed by atoms with van der Waals surface area (Å²) in [6.07, 6.45) is 0. The Hall–Kier alpha value is -1.53. The van der Waals surface area contributed by atoms with Crippen molar-refractivity contribution in [2.75, 3.05) is 5.32 Å². The van der Waals surface area contributed by atoms with Crippen LogP contribution in [0.25, 0.3) is 10.2 Å². The molecule has 2 nitrogen and oxygen atoms in total. The SMILES string of the molecule is Fc1ccc(Br)c(Nc2nc3ccc(F)cc3s2)c1. The van der Waals surface area contributed by atoms with Gasteiger partial charge in [0.1, 0.15) is 11.6 Å². The Labute approximate surface area is 120 Å². The lowest BCUT2D eigenvalue weighted by Crippen LogP contribution is -1.91. The van der Waals surface area contributed by atoms with E-state index in [0.29, 0.717) is 16.3 Å². The van der Waals surface area contributed by atoms with Gasteiger partial charge in [-0.3, -0.25) is 0 Å². The molecule has 0 aliphatic heterocycles. The van der Waals surface area contributed by atoms with Crippen molar-refractivity contribution in [2.24, 2.45) is 0 Å². The van der Waals surface area contributed by atoms with Crippen molar-refractivity contribution in [3.8, 4) is 0 Å². The number of benzene rings is 2. The van der Waals surface area contributed by atoms with Crippen LogP contribution < -0.4 is 5.32 Å². The van der Waals surface area contributed by atoms with E-state index >= 15 is 0 Å². The van der Waals surface area contributed by atoms with Crippen LogP contribution in [0.2, 0.25) is 0 Å². The third-order valence-corrected chi connectivity index (χ3v) is 4.15. The molecule has 0 saturated heterocycles. The quantitative estimate of drug-likeness (QED) is 0.703. The van der Waals surface area contributed by atoms with Crippen molar-refractivity contribution in [1.82, 2.24) is 4.98 Å². The van der Waals surface area contributed by atoms with Crippen molar-refractivity contribution in [3.63, 3.8) is 0 Å². The first-order valence-electron chi connectivity index (χ1n) is 5.40. The lowest BCUT2D eigenvalue weighted by Gasteiger charge is -2.04. The molecular weight excluding hydrogens is 334 g/mol. The van der Waals surface area contributed by atoms with Crippen LogP contribution in [0.15, 0.2) is 40.9 Å². The van der Waals surface area contributed by atoms with Crippen LogP contribution in [0.1, 0.15) is 0 Å². The maximum atomic E-state index is 13.2. The predicted molar refractivity (Wildman–Crippen MR) is 77.0 cm³/mol. The largest absolute Gasteiger partial charge is 0.330 e. The van der Waals surface area contributed by atoms with Crippen LogP contribution in [0.4, 0.5) is 19.6 Å². The van der Waals surface area contributed by atoms with Crippen LogP contribution in [-0.2, 0) is 0 Å². The van der Waals surface area contributed by atoms with E-state index in [0.717, 1.165) is 9.17 Å². The molecule has 0 fully saturated rings. The summed E-state index contributed by atoms with van der Waals surface area (Å²) >= 11 is 4.65. The lowest BCUT2D eigenvalue weighted by atomic mass is 10.3. The highest BCUT2D eigenvalue weighted by molar-refractivity contribution is 9.10. The number of hydrogen-bond donors (Lipinski definition) is 1. The molecule has 3 rings (SSSR count). The molecule has 0 unspecified atom stereocenters. The molecule has 0 aliphatic rings. The fraction of sp³-hybridized carbons (Fsp3) is 0. The maximum Gasteiger partial charge on any atom is 0.188 e. The van der Waals surface area contributed by atoms with Crippen LogP contribution in [0.5, 0.6) is 0 Å². The molecule has 3 aromatic rings. The Kier molecular flexibility index (Phi) is 3.20. The highest BCUT2D eigenvalue weighted by Gasteiger charge is 2.07. The van der Waals surface area contributed by atoms with Crippen molar-refractivity contribution in [3.05, 3.63) is 52.5 Å². The molecule has 19 heavy (non-hydrogen) atoms. The Morgan fingerprint density at radius 1 is 1.05 bits per heavy atom. The Morgan fingerprint density at radius 3 is 2.63 bits per heavy atom. The van der Waals surface area contributed by atoms with Gasteiger partial charge in [-0.25, -0.2) is 13.8 Å². The van der Waals surface area contributed by atoms with Gasteiger partial charge in [0.15, 0.2) is 5.13 Å². The summed E-state index contributed by atoms with van der Waals surface area (Å²) in [5.41, 5.74) is 1.29. The molecule has 0 atom stereocenters. The van der Waals surface area contributed by atoms with Gasteiger partial charge in [0, 0.05) is 4.47 Å². The minimum absolute atomic E-state index is 0.297. The number of thiazole rings is 1. The number of nitrogens with one attached hydrogen (secondary N) is 1. The molecule has 0 saturated carbocycles. The molecule has 0 spiro atoms. The first-order chi connectivity index (χ1) is 9.11. The minimum atomic E-state index is -0.335. The number of nitrogens with zero attached hydrogens (tertiary/aromatic N) is 1. The zero-order valence-corrected chi connectivity index (χ0v) is 11.9. The number of halogens is 3. The molecule has 1 N–H and O–H groups in total. The summed E-state index contributed by atoms with van der Waals surface area (Å²) in [5.74, 6) is -0.632. The van der Waals surface area contributed by atoms with Gasteiger partial charge in [-0.1, -0.05) is 11.3 Å². The lowest BCUT2D eigenvalue weighted by molar-refractivity contribution is 0.628. The van der Waals surface area contributed by atoms with E-state index in [1.54, 1.807) is 12.1 Å². The second-order valence-electron chi connectivity index (χ2n) is 3.88. The summed E-state index contributed by atoms with van der Waals surface area (Å²) in [6, 6.07) is 8.76. The number of fused-ring (bicyclic) bond motifs is 1. The molecule has 0 aliphatic carbocycles. The zero-order valence-electron chi connectivity index (χ0n) is 9.45. The average molecular weight is 341 g/mol. The van der Waals surface area contributed by atoms with Gasteiger partial charge < -0.3 is 5.32 Å². The van der Waals surface area contributed by atoms with Gasteiger partial charge in [-0.2, -0.15) is 0 Å². The predicted octanol–water partition coefficient (Wildman–Crippen LogP) is 5.08. The van der Waals surface area contributed by atoms with Gasteiger partial charge in [0.2, 0.25) is 0 Å². The number of hydrogen-bond acceptors (Lipinski definition) is 3. The molecule has 1 heterocycles. The Bertz CT molecular complexity index is 757. The fourth-order valence-corrected chi connectivity index (χ4v) is 2.91. The van der Waals surface area contributed by atoms with E-state index < -0.39 is 0 Å². The average Bonchev–Trinajstić information content (AvgIpc) is 2.75. The van der Waals surface area contributed by atoms with Gasteiger partial charge in [-0.15, -0.1) is 0 Å². The van der Waals surface area contributed by atoms with E-state index in [1.807, 2.05) is 0 Å². The van der Waals surface area contributed by atoms with Crippen LogP contribution in [0.3, 0.4) is 0 Å². The van der Waals surface area contributed by atoms with Gasteiger partial charge in [0.05, 0.1) is 15.9 Å². The normalized spacial score (nSPS) is 10.9. The molecule has 96 valence electrons. The van der Waals surface area contributed by atoms with E-state index in [4.69, 9.17) is 0 Å². The molecule has 0 radical (unpaired) electrons. The van der Waals surface area contributed by atoms with Gasteiger partial charge in [0.25, 0.3) is 0 Å². The zero-order chi connectivity index (χ0) is 13.4. The summed E-state index contributed by atoms with van der Waals surface area (Å²) in [6.45, 7) is 0. The highest BCUT2D eigenvalue weighted by atomic mass is 79.9. The number of rotatable bonds is 2. The fourth-order valence-electron chi connectivity index (χ4n) is 1.66. The number of anilines is 2. The van der Waals surface area contributed by atoms with Crippen LogP contribution in [-0.4, -0.2) is 4.98 Å². The van der Waals surface area contributed by atoms with Crippen LogP contribution >= 0.6 is 27.3 Å². The van der Waals surface area contributed by atoms with Crippen molar-refractivity contribution in [1.29, 1.82) is 0 Å². The third kappa shape index (κ3) is 2.59. The molecule has 2 aromatic carbocycles. The number of aromatic nitrogens is 1. The Balaban J connectivity index is 1.98. The Morgan fingerprint density at radius 2 is 1.79 bits per heavy atom. The van der Waals surface area contributed by atoms with Gasteiger partial charge >= 0.3 is 0 Å². The van der Waals surface area contributed by atoms with E-state index in [2.05, 4.69) is 26.2 Å². The summed E-state index contributed by atoms with van der Waals surface area (Å²) in [7, 11) is 0. The minimum Gasteiger partial charge on any atom is -0.330 e. The second-order valence-corrected chi connectivity index (χ2v) is 5.77. The van der Waals surface area contributed by atoms with Crippen molar-refractivity contribution in [2.45, 2.75) is 0 Å². The van der Waals surface area contributed by atoms with Crippen molar-refractivity contribution < 1.29 is 8.78 Å². The van der Waals surface area contributed by atoms with Gasteiger partial charge in [-0.05, 0) is 52.3 Å². The van der Waals surface area contributed by atoms with E-state index in [9.17, 15) is 8.78 Å². The molecule has 0 amide bonds. The molecular formula is C13H7BrF2N2S. The summed E-state index contributed by atoms with van der Waals surface area (Å²) < 4.78 is 27.8. The molecule has 0 bridgehead atoms. The molecule has 6 heteroatoms. The van der Waals surface area contributed by atoms with Crippen molar-refractivity contribution >= 4 is 48.3 Å². The van der Waals surface area contributed by atoms with E-state index in [1.165, 1.54) is 35.6 Å². The monoisotopic (exact) mass is 340 g/mol. The topological polar surface area (TPSA) is 24.9 Å². The summed E-state index contributed by atoms with van der Waals surface area (Å²) in [4.78, 5) is 4.32.